The van der Waals surface area contributed by atoms with Gasteiger partial charge in [0.25, 0.3) is 0 Å². The highest BCUT2D eigenvalue weighted by molar-refractivity contribution is 6.33. The normalized spacial score (nSPS) is 9.50. The Hall–Kier alpha value is -0.730. The van der Waals surface area contributed by atoms with Crippen LogP contribution in [0.25, 0.3) is 0 Å². The number of halogens is 1. The van der Waals surface area contributed by atoms with Crippen LogP contribution >= 0.6 is 11.6 Å². The minimum absolute atomic E-state index is 0.462. The average Bonchev–Trinajstić information content (AvgIpc) is 1.88. The molecule has 1 N–H and O–H groups in total. The summed E-state index contributed by atoms with van der Waals surface area (Å²) in [6, 6.07) is 5.30. The van der Waals surface area contributed by atoms with Crippen LogP contribution in [-0.4, -0.2) is 0 Å². The summed E-state index contributed by atoms with van der Waals surface area (Å²) in [6.45, 7) is 1.83. The summed E-state index contributed by atoms with van der Waals surface area (Å²) in [4.78, 5) is 0. The van der Waals surface area contributed by atoms with Gasteiger partial charge in [0.1, 0.15) is 0 Å². The Bertz CT molecular complexity index is 217. The summed E-state index contributed by atoms with van der Waals surface area (Å²) < 4.78 is 0. The Balaban J connectivity index is 3.17. The van der Waals surface area contributed by atoms with Crippen molar-refractivity contribution in [2.75, 3.05) is 5.48 Å². The van der Waals surface area contributed by atoms with E-state index < -0.39 is 0 Å². The fourth-order valence-corrected chi connectivity index (χ4v) is 1.02. The average molecular weight is 157 g/mol. The second-order valence-electron chi connectivity index (χ2n) is 2.03. The summed E-state index contributed by atoms with van der Waals surface area (Å²) in [5, 5.41) is 10.7. The molecule has 0 radical (unpaired) electrons. The number of hydrogen-bond acceptors (Lipinski definition) is 2. The van der Waals surface area contributed by atoms with Crippen molar-refractivity contribution >= 4 is 17.3 Å². The fraction of sp³-hybridized carbons (Fsp3) is 0.143. The Kier molecular flexibility index (Phi) is 2.14. The van der Waals surface area contributed by atoms with Crippen LogP contribution in [0, 0.1) is 12.1 Å². The molecule has 0 aliphatic heterocycles. The third-order valence-corrected chi connectivity index (χ3v) is 1.64. The number of hydrogen-bond donors (Lipinski definition) is 1. The van der Waals surface area contributed by atoms with Gasteiger partial charge in [-0.15, -0.1) is 0 Å². The molecule has 0 saturated heterocycles. The van der Waals surface area contributed by atoms with E-state index in [-0.39, 0.29) is 0 Å². The summed E-state index contributed by atoms with van der Waals surface area (Å²) >= 11 is 5.67. The van der Waals surface area contributed by atoms with Crippen LogP contribution < -0.4 is 5.48 Å². The van der Waals surface area contributed by atoms with Gasteiger partial charge in [-0.25, -0.2) is 0 Å². The third kappa shape index (κ3) is 1.23. The lowest BCUT2D eigenvalue weighted by Gasteiger charge is -2.13. The molecule has 54 valence electrons. The second kappa shape index (κ2) is 2.90. The minimum atomic E-state index is 0.462. The van der Waals surface area contributed by atoms with Gasteiger partial charge in [0.15, 0.2) is 0 Å². The van der Waals surface area contributed by atoms with Crippen molar-refractivity contribution in [1.29, 1.82) is 0 Å². The van der Waals surface area contributed by atoms with E-state index in [1.165, 1.54) is 0 Å². The summed E-state index contributed by atoms with van der Waals surface area (Å²) in [6.07, 6.45) is 0. The van der Waals surface area contributed by atoms with Gasteiger partial charge in [0, 0.05) is 5.69 Å². The SMILES string of the molecule is Cc1cccc(Cl)c1N[O-]. The van der Waals surface area contributed by atoms with Crippen molar-refractivity contribution in [3.8, 4) is 0 Å². The lowest BCUT2D eigenvalue weighted by Crippen LogP contribution is -1.89. The molecule has 0 unspecified atom stereocenters. The zero-order valence-corrected chi connectivity index (χ0v) is 6.27. The number of benzene rings is 1. The molecule has 1 aromatic rings. The number of para-hydroxylation sites is 1. The molecular weight excluding hydrogens is 150 g/mol. The van der Waals surface area contributed by atoms with E-state index in [0.717, 1.165) is 5.56 Å². The minimum Gasteiger partial charge on any atom is -0.761 e. The van der Waals surface area contributed by atoms with Gasteiger partial charge >= 0.3 is 0 Å². The number of anilines is 1. The van der Waals surface area contributed by atoms with E-state index in [0.29, 0.717) is 10.7 Å². The van der Waals surface area contributed by atoms with Gasteiger partial charge in [-0.1, -0.05) is 23.7 Å². The fourth-order valence-electron chi connectivity index (χ4n) is 0.761. The number of rotatable bonds is 1. The molecule has 0 amide bonds. The molecule has 0 aromatic heterocycles. The molecule has 0 saturated carbocycles. The summed E-state index contributed by atoms with van der Waals surface area (Å²) in [5.74, 6) is 0. The molecular formula is C7H7ClNO-. The molecule has 0 bridgehead atoms. The lowest BCUT2D eigenvalue weighted by atomic mass is 10.2. The smallest absolute Gasteiger partial charge is 0.0632 e. The molecule has 0 aliphatic carbocycles. The van der Waals surface area contributed by atoms with Crippen LogP contribution in [0.1, 0.15) is 5.56 Å². The van der Waals surface area contributed by atoms with Crippen LogP contribution in [0.15, 0.2) is 18.2 Å². The van der Waals surface area contributed by atoms with Gasteiger partial charge in [-0.3, -0.25) is 0 Å². The van der Waals surface area contributed by atoms with E-state index >= 15 is 0 Å². The number of aryl methyl sites for hydroxylation is 1. The molecule has 3 heteroatoms. The highest BCUT2D eigenvalue weighted by Gasteiger charge is 1.96. The molecule has 1 aromatic carbocycles. The molecule has 0 aliphatic rings. The predicted octanol–water partition coefficient (Wildman–Crippen LogP) is 2.56. The Labute approximate surface area is 64.4 Å². The monoisotopic (exact) mass is 156 g/mol. The topological polar surface area (TPSA) is 35.1 Å². The molecule has 0 atom stereocenters. The molecule has 10 heavy (non-hydrogen) atoms. The molecule has 0 heterocycles. The largest absolute Gasteiger partial charge is 0.761 e. The van der Waals surface area contributed by atoms with Crippen molar-refractivity contribution in [3.05, 3.63) is 34.0 Å². The zero-order chi connectivity index (χ0) is 7.56. The van der Waals surface area contributed by atoms with Gasteiger partial charge in [0.2, 0.25) is 0 Å². The Morgan fingerprint density at radius 2 is 2.20 bits per heavy atom. The Morgan fingerprint density at radius 1 is 1.50 bits per heavy atom. The van der Waals surface area contributed by atoms with Crippen molar-refractivity contribution in [2.45, 2.75) is 6.92 Å². The van der Waals surface area contributed by atoms with Crippen LogP contribution in [0.5, 0.6) is 0 Å². The second-order valence-corrected chi connectivity index (χ2v) is 2.44. The van der Waals surface area contributed by atoms with Crippen LogP contribution in [0.3, 0.4) is 0 Å². The van der Waals surface area contributed by atoms with Crippen molar-refractivity contribution in [3.63, 3.8) is 0 Å². The summed E-state index contributed by atoms with van der Waals surface area (Å²) in [7, 11) is 0. The van der Waals surface area contributed by atoms with Gasteiger partial charge in [-0.05, 0) is 18.6 Å². The van der Waals surface area contributed by atoms with Crippen molar-refractivity contribution < 1.29 is 0 Å². The van der Waals surface area contributed by atoms with E-state index in [9.17, 15) is 5.21 Å². The standard InChI is InChI=1S/C7H7ClNO/c1-5-3-2-4-6(8)7(5)9-10/h2-4,9H,1H3/q-1. The van der Waals surface area contributed by atoms with E-state index in [1.54, 1.807) is 17.6 Å². The zero-order valence-electron chi connectivity index (χ0n) is 5.52. The van der Waals surface area contributed by atoms with Gasteiger partial charge in [0.05, 0.1) is 5.02 Å². The van der Waals surface area contributed by atoms with Crippen LogP contribution in [-0.2, 0) is 0 Å². The van der Waals surface area contributed by atoms with Gasteiger partial charge < -0.3 is 10.7 Å². The van der Waals surface area contributed by atoms with Crippen LogP contribution in [0.4, 0.5) is 5.69 Å². The van der Waals surface area contributed by atoms with Gasteiger partial charge in [-0.2, -0.15) is 0 Å². The maximum Gasteiger partial charge on any atom is 0.0632 e. The summed E-state index contributed by atoms with van der Waals surface area (Å²) in [5.41, 5.74) is 3.11. The highest BCUT2D eigenvalue weighted by Crippen LogP contribution is 2.24. The first-order chi connectivity index (χ1) is 4.75. The van der Waals surface area contributed by atoms with E-state index in [2.05, 4.69) is 0 Å². The van der Waals surface area contributed by atoms with E-state index in [4.69, 9.17) is 11.6 Å². The molecule has 2 nitrogen and oxygen atoms in total. The highest BCUT2D eigenvalue weighted by atomic mass is 35.5. The molecule has 0 spiro atoms. The Morgan fingerprint density at radius 3 is 2.60 bits per heavy atom. The van der Waals surface area contributed by atoms with Crippen LogP contribution in [0.2, 0.25) is 5.02 Å². The first-order valence-electron chi connectivity index (χ1n) is 2.89. The van der Waals surface area contributed by atoms with E-state index in [1.807, 2.05) is 13.0 Å². The maximum absolute atomic E-state index is 10.2. The number of nitrogens with one attached hydrogen (secondary N) is 1. The third-order valence-electron chi connectivity index (χ3n) is 1.32. The van der Waals surface area contributed by atoms with Crippen molar-refractivity contribution in [1.82, 2.24) is 0 Å². The molecule has 0 fully saturated rings. The quantitative estimate of drug-likeness (QED) is 0.635. The predicted molar refractivity (Wildman–Crippen MR) is 43.2 cm³/mol. The van der Waals surface area contributed by atoms with Crippen molar-refractivity contribution in [2.24, 2.45) is 0 Å². The first kappa shape index (κ1) is 7.38. The maximum atomic E-state index is 10.2. The lowest BCUT2D eigenvalue weighted by molar-refractivity contribution is 1.44. The first-order valence-corrected chi connectivity index (χ1v) is 3.27. The molecule has 1 rings (SSSR count).